The summed E-state index contributed by atoms with van der Waals surface area (Å²) in [5, 5.41) is 7.04. The first-order valence-corrected chi connectivity index (χ1v) is 24.1. The second kappa shape index (κ2) is 20.9. The van der Waals surface area contributed by atoms with Gasteiger partial charge < -0.3 is 20.1 Å². The maximum atomic E-state index is 13.5. The number of thiophene rings is 2. The summed E-state index contributed by atoms with van der Waals surface area (Å²) in [6, 6.07) is 0. The first kappa shape index (κ1) is 44.4. The predicted molar refractivity (Wildman–Crippen MR) is 239 cm³/mol. The highest BCUT2D eigenvalue weighted by molar-refractivity contribution is 8.29. The second-order valence-electron chi connectivity index (χ2n) is 14.3. The van der Waals surface area contributed by atoms with Crippen LogP contribution in [0, 0.1) is 0 Å². The molecule has 2 fully saturated rings. The number of esters is 2. The van der Waals surface area contributed by atoms with Crippen LogP contribution in [0.15, 0.2) is 9.81 Å². The van der Waals surface area contributed by atoms with Gasteiger partial charge in [-0.15, -0.1) is 22.7 Å². The maximum Gasteiger partial charge on any atom is 0.341 e. The molecule has 58 heavy (non-hydrogen) atoms. The van der Waals surface area contributed by atoms with Gasteiger partial charge in [0.1, 0.15) is 18.6 Å². The minimum Gasteiger partial charge on any atom is -0.462 e. The Balaban J connectivity index is 0.921. The average Bonchev–Trinajstić information content (AvgIpc) is 3.91. The maximum absolute atomic E-state index is 13.5. The molecule has 2 aromatic heterocycles. The zero-order valence-electron chi connectivity index (χ0n) is 32.8. The summed E-state index contributed by atoms with van der Waals surface area (Å²) in [4.78, 5) is 84.1. The number of anilines is 2. The summed E-state index contributed by atoms with van der Waals surface area (Å²) in [7, 11) is 0. The molecule has 0 unspecified atom stereocenters. The van der Waals surface area contributed by atoms with E-state index in [-0.39, 0.29) is 59.5 Å². The Morgan fingerprint density at radius 3 is 1.40 bits per heavy atom. The molecule has 0 radical (unpaired) electrons. The van der Waals surface area contributed by atoms with Gasteiger partial charge in [-0.1, -0.05) is 60.8 Å². The van der Waals surface area contributed by atoms with Crippen molar-refractivity contribution in [2.24, 2.45) is 0 Å². The molecule has 2 aromatic rings. The van der Waals surface area contributed by atoms with E-state index in [0.29, 0.717) is 81.4 Å². The van der Waals surface area contributed by atoms with E-state index in [2.05, 4.69) is 10.6 Å². The Bertz CT molecular complexity index is 1880. The minimum atomic E-state index is -0.391. The summed E-state index contributed by atoms with van der Waals surface area (Å²) < 4.78 is 11.4. The monoisotopic (exact) mass is 904 g/mol. The van der Waals surface area contributed by atoms with Crippen molar-refractivity contribution in [2.75, 3.05) is 36.9 Å². The number of unbranched alkanes of at least 4 members (excludes halogenated alkanes) is 4. The summed E-state index contributed by atoms with van der Waals surface area (Å²) >= 11 is 16.2. The number of fused-ring (bicyclic) bond motifs is 2. The molecule has 0 atom stereocenters. The van der Waals surface area contributed by atoms with Gasteiger partial charge >= 0.3 is 11.9 Å². The van der Waals surface area contributed by atoms with Crippen LogP contribution in [-0.2, 0) is 54.3 Å². The van der Waals surface area contributed by atoms with Gasteiger partial charge in [-0.25, -0.2) is 9.59 Å². The molecule has 12 nitrogen and oxygen atoms in total. The van der Waals surface area contributed by atoms with E-state index in [9.17, 15) is 28.8 Å². The van der Waals surface area contributed by atoms with Gasteiger partial charge in [-0.3, -0.25) is 29.0 Å². The molecule has 2 aliphatic heterocycles. The normalized spacial score (nSPS) is 17.8. The van der Waals surface area contributed by atoms with Gasteiger partial charge in [0.05, 0.1) is 34.2 Å². The highest BCUT2D eigenvalue weighted by atomic mass is 32.2. The van der Waals surface area contributed by atoms with Crippen LogP contribution < -0.4 is 10.6 Å². The second-order valence-corrected chi connectivity index (χ2v) is 19.8. The zero-order chi connectivity index (χ0) is 41.3. The van der Waals surface area contributed by atoms with Gasteiger partial charge in [0.25, 0.3) is 11.8 Å². The largest absolute Gasteiger partial charge is 0.462 e. The number of aryl methyl sites for hydroxylation is 2. The fraction of sp³-hybridized carbons (Fsp3) is 0.550. The molecule has 2 aliphatic carbocycles. The highest BCUT2D eigenvalue weighted by Gasteiger charge is 2.41. The standard InChI is InChI=1S/C40H48N4O8S6/c1-3-51-37(49)29-23-15-9-11-17-25(23)55-33(29)41-27(45)19-7-5-13-21-43-35(47)31(57-39(43)53)32-36(48)44(40(54)58-32)22-14-6-8-20-28(46)42-34-30(38(50)52-4-2)24-16-10-12-18-26(24)56-34/h3-22H2,1-2H3,(H,41,45)(H,42,46). The third-order valence-corrected chi connectivity index (χ3v) is 15.7. The van der Waals surface area contributed by atoms with Gasteiger partial charge in [0, 0.05) is 35.7 Å². The molecule has 0 saturated carbocycles. The van der Waals surface area contributed by atoms with Crippen molar-refractivity contribution in [1.82, 2.24) is 9.80 Å². The average molecular weight is 905 g/mol. The lowest BCUT2D eigenvalue weighted by Crippen LogP contribution is -2.31. The number of nitrogens with one attached hydrogen (secondary N) is 2. The molecule has 4 aliphatic rings. The number of nitrogens with zero attached hydrogens (tertiary/aromatic N) is 2. The van der Waals surface area contributed by atoms with Gasteiger partial charge in [0.2, 0.25) is 11.8 Å². The Hall–Kier alpha value is -3.16. The topological polar surface area (TPSA) is 151 Å². The molecular weight excluding hydrogens is 857 g/mol. The van der Waals surface area contributed by atoms with E-state index >= 15 is 0 Å². The van der Waals surface area contributed by atoms with Crippen LogP contribution in [0.4, 0.5) is 10.0 Å². The molecule has 2 saturated heterocycles. The lowest BCUT2D eigenvalue weighted by atomic mass is 9.95. The number of hydrogen-bond donors (Lipinski definition) is 2. The molecule has 18 heteroatoms. The molecule has 312 valence electrons. The number of rotatable bonds is 18. The Morgan fingerprint density at radius 2 is 1.00 bits per heavy atom. The fourth-order valence-electron chi connectivity index (χ4n) is 7.44. The number of carbonyl (C=O) groups is 6. The van der Waals surface area contributed by atoms with Crippen molar-refractivity contribution in [3.8, 4) is 0 Å². The number of ether oxygens (including phenoxy) is 2. The van der Waals surface area contributed by atoms with Crippen LogP contribution in [0.5, 0.6) is 0 Å². The summed E-state index contributed by atoms with van der Waals surface area (Å²) in [5.74, 6) is -1.74. The summed E-state index contributed by atoms with van der Waals surface area (Å²) in [5.41, 5.74) is 3.01. The van der Waals surface area contributed by atoms with Crippen molar-refractivity contribution in [3.05, 3.63) is 41.8 Å². The van der Waals surface area contributed by atoms with Gasteiger partial charge in [-0.05, 0) is 102 Å². The van der Waals surface area contributed by atoms with Gasteiger partial charge in [0.15, 0.2) is 0 Å². The Kier molecular flexibility index (Phi) is 16.0. The van der Waals surface area contributed by atoms with Crippen molar-refractivity contribution in [3.63, 3.8) is 0 Å². The minimum absolute atomic E-state index is 0.167. The van der Waals surface area contributed by atoms with E-state index in [1.54, 1.807) is 13.8 Å². The lowest BCUT2D eigenvalue weighted by Gasteiger charge is -2.14. The van der Waals surface area contributed by atoms with Crippen molar-refractivity contribution >= 4 is 125 Å². The number of amides is 4. The molecule has 0 aromatic carbocycles. The van der Waals surface area contributed by atoms with E-state index in [1.807, 2.05) is 0 Å². The van der Waals surface area contributed by atoms with Crippen molar-refractivity contribution < 1.29 is 38.2 Å². The van der Waals surface area contributed by atoms with E-state index < -0.39 is 11.9 Å². The molecular formula is C40H48N4O8S6. The van der Waals surface area contributed by atoms with Crippen LogP contribution in [0.3, 0.4) is 0 Å². The summed E-state index contributed by atoms with van der Waals surface area (Å²) in [6.07, 6.45) is 11.9. The van der Waals surface area contributed by atoms with E-state index in [0.717, 1.165) is 95.8 Å². The molecule has 6 rings (SSSR count). The first-order valence-electron chi connectivity index (χ1n) is 20.1. The summed E-state index contributed by atoms with van der Waals surface area (Å²) in [6.45, 7) is 4.81. The number of thiocarbonyl (C=S) groups is 2. The van der Waals surface area contributed by atoms with E-state index in [1.165, 1.54) is 32.5 Å². The molecule has 4 heterocycles. The third-order valence-electron chi connectivity index (χ3n) is 10.3. The molecule has 4 amide bonds. The van der Waals surface area contributed by atoms with Crippen LogP contribution in [0.25, 0.3) is 0 Å². The van der Waals surface area contributed by atoms with Crippen molar-refractivity contribution in [1.29, 1.82) is 0 Å². The van der Waals surface area contributed by atoms with Gasteiger partial charge in [-0.2, -0.15) is 0 Å². The number of carbonyl (C=O) groups excluding carboxylic acids is 6. The van der Waals surface area contributed by atoms with Crippen LogP contribution in [-0.4, -0.2) is 80.3 Å². The molecule has 2 N–H and O–H groups in total. The zero-order valence-corrected chi connectivity index (χ0v) is 37.7. The Morgan fingerprint density at radius 1 is 0.603 bits per heavy atom. The SMILES string of the molecule is CCOC(=O)c1c(NC(=O)CCCCCN2C(=O)C(=C3SC(=S)N(CCCCCC(=O)Nc4sc5c(c4C(=O)OCC)CCCC5)C3=O)SC2=S)sc2c1CCCC2. The molecule has 0 spiro atoms. The van der Waals surface area contributed by atoms with Crippen molar-refractivity contribution in [2.45, 2.75) is 117 Å². The Labute approximate surface area is 366 Å². The van der Waals surface area contributed by atoms with Crippen LogP contribution >= 0.6 is 70.6 Å². The lowest BCUT2D eigenvalue weighted by molar-refractivity contribution is -0.124. The quantitative estimate of drug-likeness (QED) is 0.0639. The fourth-order valence-corrected chi connectivity index (χ4v) is 12.8. The van der Waals surface area contributed by atoms with Crippen LogP contribution in [0.1, 0.15) is 132 Å². The van der Waals surface area contributed by atoms with Crippen LogP contribution in [0.2, 0.25) is 0 Å². The third kappa shape index (κ3) is 10.4. The number of hydrogen-bond acceptors (Lipinski definition) is 14. The number of thioether (sulfide) groups is 2. The highest BCUT2D eigenvalue weighted by Crippen LogP contribution is 2.43. The smallest absolute Gasteiger partial charge is 0.341 e. The van der Waals surface area contributed by atoms with E-state index in [4.69, 9.17) is 33.9 Å². The first-order chi connectivity index (χ1) is 28.0. The molecule has 0 bridgehead atoms. The predicted octanol–water partition coefficient (Wildman–Crippen LogP) is 8.55.